The van der Waals surface area contributed by atoms with Crippen molar-refractivity contribution in [3.05, 3.63) is 92.9 Å². The molecule has 4 rings (SSSR count). The number of aromatic amines is 2. The lowest BCUT2D eigenvalue weighted by atomic mass is 10.1. The summed E-state index contributed by atoms with van der Waals surface area (Å²) in [6.07, 6.45) is 1.37. The number of fused-ring (bicyclic) bond motifs is 1. The summed E-state index contributed by atoms with van der Waals surface area (Å²) in [5.74, 6) is -1.50. The number of rotatable bonds is 6. The normalized spacial score (nSPS) is 10.5. The van der Waals surface area contributed by atoms with Crippen molar-refractivity contribution >= 4 is 39.9 Å². The van der Waals surface area contributed by atoms with Crippen LogP contribution in [0.3, 0.4) is 0 Å². The first kappa shape index (κ1) is 21.3. The Kier molecular flexibility index (Phi) is 5.85. The van der Waals surface area contributed by atoms with Gasteiger partial charge in [-0.15, -0.1) is 0 Å². The minimum atomic E-state index is -0.599. The Bertz CT molecular complexity index is 1470. The predicted octanol–water partition coefficient (Wildman–Crippen LogP) is 1.43. The van der Waals surface area contributed by atoms with Crippen molar-refractivity contribution < 1.29 is 18.8 Å². The maximum absolute atomic E-state index is 12.5. The summed E-state index contributed by atoms with van der Waals surface area (Å²) in [5.41, 5.74) is -0.352. The first-order chi connectivity index (χ1) is 15.9. The fraction of sp³-hybridized carbons (Fsp3) is 0.0455. The van der Waals surface area contributed by atoms with E-state index in [2.05, 4.69) is 26.1 Å². The van der Waals surface area contributed by atoms with Gasteiger partial charge in [0.15, 0.2) is 5.76 Å². The average molecular weight is 447 g/mol. The number of amides is 3. The van der Waals surface area contributed by atoms with Crippen LogP contribution >= 0.6 is 0 Å². The highest BCUT2D eigenvalue weighted by atomic mass is 16.3. The zero-order valence-electron chi connectivity index (χ0n) is 16.9. The fourth-order valence-electron chi connectivity index (χ4n) is 3.13. The van der Waals surface area contributed by atoms with E-state index >= 15 is 0 Å². The van der Waals surface area contributed by atoms with Crippen LogP contribution in [0.2, 0.25) is 0 Å². The number of aromatic nitrogens is 2. The van der Waals surface area contributed by atoms with Gasteiger partial charge in [0.05, 0.1) is 29.3 Å². The van der Waals surface area contributed by atoms with Crippen LogP contribution in [0, 0.1) is 0 Å². The lowest BCUT2D eigenvalue weighted by Gasteiger charge is -2.10. The van der Waals surface area contributed by atoms with Crippen molar-refractivity contribution in [2.45, 2.75) is 0 Å². The molecular formula is C22H17N5O6. The van der Waals surface area contributed by atoms with Crippen LogP contribution in [0.1, 0.15) is 20.9 Å². The third kappa shape index (κ3) is 4.71. The summed E-state index contributed by atoms with van der Waals surface area (Å²) in [6, 6.07) is 13.7. The van der Waals surface area contributed by atoms with Crippen molar-refractivity contribution in [1.82, 2.24) is 15.5 Å². The second-order valence-corrected chi connectivity index (χ2v) is 6.88. The topological polar surface area (TPSA) is 166 Å². The molecule has 0 unspecified atom stereocenters. The molecule has 11 heteroatoms. The minimum Gasteiger partial charge on any atom is -0.459 e. The van der Waals surface area contributed by atoms with E-state index < -0.39 is 28.8 Å². The molecule has 2 aromatic heterocycles. The molecule has 0 atom stereocenters. The summed E-state index contributed by atoms with van der Waals surface area (Å²) >= 11 is 0. The summed E-state index contributed by atoms with van der Waals surface area (Å²) in [7, 11) is 0. The number of carbonyl (C=O) groups is 3. The second-order valence-electron chi connectivity index (χ2n) is 6.88. The molecule has 0 fully saturated rings. The fourth-order valence-corrected chi connectivity index (χ4v) is 3.13. The molecule has 0 aliphatic heterocycles. The number of benzene rings is 2. The number of anilines is 2. The van der Waals surface area contributed by atoms with Crippen LogP contribution in [-0.4, -0.2) is 34.5 Å². The minimum absolute atomic E-state index is 0.0286. The first-order valence-electron chi connectivity index (χ1n) is 9.69. The standard InChI is InChI=1S/C22H17N5O6/c28-17(25-15-7-2-6-14-18(15)22(32)27-26-20(14)30)11-23-19(29)12-4-1-5-13(10-12)24-21(31)16-8-3-9-33-16/h1-10H,11H2,(H,23,29)(H,24,31)(H,25,28)(H,26,30)(H,27,32). The van der Waals surface area contributed by atoms with Crippen molar-refractivity contribution in [2.24, 2.45) is 0 Å². The molecule has 0 saturated heterocycles. The van der Waals surface area contributed by atoms with Gasteiger partial charge < -0.3 is 20.4 Å². The second kappa shape index (κ2) is 9.06. The maximum atomic E-state index is 12.5. The highest BCUT2D eigenvalue weighted by molar-refractivity contribution is 6.05. The number of hydrogen-bond acceptors (Lipinski definition) is 6. The quantitative estimate of drug-likeness (QED) is 0.300. The zero-order chi connectivity index (χ0) is 23.4. The lowest BCUT2D eigenvalue weighted by molar-refractivity contribution is -0.115. The van der Waals surface area contributed by atoms with Gasteiger partial charge in [-0.2, -0.15) is 0 Å². The SMILES string of the molecule is O=C(CNC(=O)c1cccc(NC(=O)c2ccco2)c1)Nc1cccc2c(=O)[nH][nH]c(=O)c12. The Balaban J connectivity index is 1.40. The molecule has 2 aromatic carbocycles. The Morgan fingerprint density at radius 2 is 1.64 bits per heavy atom. The molecule has 166 valence electrons. The summed E-state index contributed by atoms with van der Waals surface area (Å²) in [6.45, 7) is -0.390. The Morgan fingerprint density at radius 3 is 2.42 bits per heavy atom. The van der Waals surface area contributed by atoms with E-state index in [1.165, 1.54) is 42.7 Å². The molecule has 0 radical (unpaired) electrons. The smallest absolute Gasteiger partial charge is 0.291 e. The van der Waals surface area contributed by atoms with E-state index in [-0.39, 0.29) is 34.3 Å². The predicted molar refractivity (Wildman–Crippen MR) is 119 cm³/mol. The molecule has 0 aliphatic carbocycles. The van der Waals surface area contributed by atoms with Gasteiger partial charge in [-0.25, -0.2) is 0 Å². The number of furan rings is 1. The van der Waals surface area contributed by atoms with Crippen LogP contribution in [0.15, 0.2) is 74.9 Å². The molecule has 11 nitrogen and oxygen atoms in total. The Hall–Kier alpha value is -4.93. The van der Waals surface area contributed by atoms with Crippen LogP contribution in [-0.2, 0) is 4.79 Å². The van der Waals surface area contributed by atoms with E-state index in [0.29, 0.717) is 5.69 Å². The summed E-state index contributed by atoms with van der Waals surface area (Å²) in [4.78, 5) is 60.8. The van der Waals surface area contributed by atoms with Gasteiger partial charge in [0, 0.05) is 11.3 Å². The van der Waals surface area contributed by atoms with Crippen molar-refractivity contribution in [1.29, 1.82) is 0 Å². The van der Waals surface area contributed by atoms with Crippen LogP contribution < -0.4 is 27.1 Å². The van der Waals surface area contributed by atoms with Gasteiger partial charge in [-0.1, -0.05) is 12.1 Å². The van der Waals surface area contributed by atoms with Gasteiger partial charge in [0.25, 0.3) is 22.9 Å². The van der Waals surface area contributed by atoms with Gasteiger partial charge >= 0.3 is 0 Å². The number of nitrogens with one attached hydrogen (secondary N) is 5. The van der Waals surface area contributed by atoms with Crippen LogP contribution in [0.25, 0.3) is 10.8 Å². The molecule has 3 amide bonds. The third-order valence-corrected chi connectivity index (χ3v) is 4.64. The number of carbonyl (C=O) groups excluding carboxylic acids is 3. The average Bonchev–Trinajstić information content (AvgIpc) is 3.35. The molecule has 0 spiro atoms. The zero-order valence-corrected chi connectivity index (χ0v) is 16.9. The van der Waals surface area contributed by atoms with Crippen LogP contribution in [0.5, 0.6) is 0 Å². The van der Waals surface area contributed by atoms with E-state index in [1.54, 1.807) is 18.2 Å². The molecular weight excluding hydrogens is 430 g/mol. The maximum Gasteiger partial charge on any atom is 0.291 e. The van der Waals surface area contributed by atoms with Gasteiger partial charge in [0.1, 0.15) is 0 Å². The van der Waals surface area contributed by atoms with Gasteiger partial charge in [-0.05, 0) is 42.5 Å². The molecule has 5 N–H and O–H groups in total. The molecule has 4 aromatic rings. The molecule has 2 heterocycles. The summed E-state index contributed by atoms with van der Waals surface area (Å²) < 4.78 is 5.02. The monoisotopic (exact) mass is 447 g/mol. The van der Waals surface area contributed by atoms with Gasteiger partial charge in [0.2, 0.25) is 5.91 Å². The van der Waals surface area contributed by atoms with E-state index in [1.807, 2.05) is 0 Å². The Labute approximate surface area is 184 Å². The molecule has 0 bridgehead atoms. The third-order valence-electron chi connectivity index (χ3n) is 4.64. The lowest BCUT2D eigenvalue weighted by Crippen LogP contribution is -2.33. The summed E-state index contributed by atoms with van der Waals surface area (Å²) in [5, 5.41) is 12.2. The highest BCUT2D eigenvalue weighted by Gasteiger charge is 2.14. The first-order valence-corrected chi connectivity index (χ1v) is 9.69. The van der Waals surface area contributed by atoms with E-state index in [9.17, 15) is 24.0 Å². The molecule has 0 aliphatic rings. The van der Waals surface area contributed by atoms with Crippen LogP contribution in [0.4, 0.5) is 11.4 Å². The number of H-pyrrole nitrogens is 2. The molecule has 0 saturated carbocycles. The number of hydrogen-bond donors (Lipinski definition) is 5. The van der Waals surface area contributed by atoms with Crippen molar-refractivity contribution in [3.63, 3.8) is 0 Å². The largest absolute Gasteiger partial charge is 0.459 e. The Morgan fingerprint density at radius 1 is 0.848 bits per heavy atom. The van der Waals surface area contributed by atoms with Gasteiger partial charge in [-0.3, -0.25) is 34.2 Å². The van der Waals surface area contributed by atoms with E-state index in [0.717, 1.165) is 0 Å². The van der Waals surface area contributed by atoms with Crippen molar-refractivity contribution in [3.8, 4) is 0 Å². The highest BCUT2D eigenvalue weighted by Crippen LogP contribution is 2.16. The van der Waals surface area contributed by atoms with E-state index in [4.69, 9.17) is 4.42 Å². The molecule has 33 heavy (non-hydrogen) atoms. The van der Waals surface area contributed by atoms with Crippen molar-refractivity contribution in [2.75, 3.05) is 17.2 Å².